The fourth-order valence-corrected chi connectivity index (χ4v) is 3.28. The van der Waals surface area contributed by atoms with Crippen LogP contribution in [0.5, 0.6) is 0 Å². The van der Waals surface area contributed by atoms with E-state index in [1.165, 1.54) is 0 Å². The Balaban J connectivity index is 0.00000225. The highest BCUT2D eigenvalue weighted by Gasteiger charge is 2.31. The van der Waals surface area contributed by atoms with Crippen LogP contribution in [-0.4, -0.2) is 44.7 Å². The average molecular weight is 384 g/mol. The summed E-state index contributed by atoms with van der Waals surface area (Å²) in [7, 11) is 0. The lowest BCUT2D eigenvalue weighted by Gasteiger charge is -2.21. The highest BCUT2D eigenvalue weighted by molar-refractivity contribution is 6.32. The Labute approximate surface area is 158 Å². The molecule has 0 saturated carbocycles. The van der Waals surface area contributed by atoms with Crippen molar-refractivity contribution in [1.29, 1.82) is 0 Å². The van der Waals surface area contributed by atoms with Crippen molar-refractivity contribution in [3.63, 3.8) is 0 Å². The van der Waals surface area contributed by atoms with Gasteiger partial charge < -0.3 is 10.6 Å². The number of para-hydroxylation sites is 1. The predicted molar refractivity (Wildman–Crippen MR) is 101 cm³/mol. The van der Waals surface area contributed by atoms with Crippen molar-refractivity contribution in [3.05, 3.63) is 40.9 Å². The maximum Gasteiger partial charge on any atom is 0.293 e. The number of rotatable bonds is 4. The topological polar surface area (TPSA) is 77.0 Å². The van der Waals surface area contributed by atoms with Gasteiger partial charge in [0.05, 0.1) is 10.7 Å². The summed E-state index contributed by atoms with van der Waals surface area (Å²) in [6.07, 6.45) is 1.90. The van der Waals surface area contributed by atoms with E-state index in [0.717, 1.165) is 24.4 Å². The quantitative estimate of drug-likeness (QED) is 0.879. The molecule has 1 amide bonds. The van der Waals surface area contributed by atoms with Crippen molar-refractivity contribution in [2.75, 3.05) is 13.1 Å². The summed E-state index contributed by atoms with van der Waals surface area (Å²) in [6, 6.07) is 7.50. The Kier molecular flexibility index (Phi) is 6.43. The van der Waals surface area contributed by atoms with Gasteiger partial charge in [0, 0.05) is 25.0 Å². The highest BCUT2D eigenvalue weighted by atomic mass is 35.5. The Hall–Kier alpha value is -1.63. The SMILES string of the molecule is CC(C)c1nc(C(=O)N2CCCC2CN)nn1-c1ccccc1Cl.Cl. The third kappa shape index (κ3) is 3.81. The molecule has 8 heteroatoms. The molecule has 1 aliphatic heterocycles. The molecular weight excluding hydrogens is 361 g/mol. The Bertz CT molecular complexity index is 746. The van der Waals surface area contributed by atoms with Gasteiger partial charge in [-0.05, 0) is 25.0 Å². The fourth-order valence-electron chi connectivity index (χ4n) is 3.07. The van der Waals surface area contributed by atoms with E-state index >= 15 is 0 Å². The van der Waals surface area contributed by atoms with Gasteiger partial charge in [0.25, 0.3) is 5.91 Å². The van der Waals surface area contributed by atoms with E-state index in [-0.39, 0.29) is 36.1 Å². The number of benzene rings is 1. The summed E-state index contributed by atoms with van der Waals surface area (Å²) >= 11 is 6.30. The smallest absolute Gasteiger partial charge is 0.293 e. The van der Waals surface area contributed by atoms with Crippen LogP contribution in [-0.2, 0) is 0 Å². The van der Waals surface area contributed by atoms with Crippen LogP contribution in [0.1, 0.15) is 49.1 Å². The number of hydrogen-bond donors (Lipinski definition) is 1. The lowest BCUT2D eigenvalue weighted by atomic mass is 10.2. The van der Waals surface area contributed by atoms with E-state index in [1.54, 1.807) is 15.6 Å². The van der Waals surface area contributed by atoms with Gasteiger partial charge >= 0.3 is 0 Å². The minimum atomic E-state index is -0.157. The van der Waals surface area contributed by atoms with E-state index in [1.807, 2.05) is 32.0 Å². The molecule has 1 saturated heterocycles. The average Bonchev–Trinajstić information content (AvgIpc) is 3.21. The maximum absolute atomic E-state index is 12.8. The molecule has 0 radical (unpaired) electrons. The zero-order valence-corrected chi connectivity index (χ0v) is 15.9. The zero-order chi connectivity index (χ0) is 17.3. The first-order valence-corrected chi connectivity index (χ1v) is 8.63. The first-order chi connectivity index (χ1) is 11.5. The van der Waals surface area contributed by atoms with Crippen LogP contribution < -0.4 is 5.73 Å². The molecule has 2 aromatic rings. The molecule has 25 heavy (non-hydrogen) atoms. The van der Waals surface area contributed by atoms with Gasteiger partial charge in [-0.25, -0.2) is 9.67 Å². The van der Waals surface area contributed by atoms with Crippen molar-refractivity contribution in [2.45, 2.75) is 38.6 Å². The fraction of sp³-hybridized carbons (Fsp3) is 0.471. The van der Waals surface area contributed by atoms with E-state index in [0.29, 0.717) is 18.1 Å². The molecule has 0 bridgehead atoms. The van der Waals surface area contributed by atoms with Crippen LogP contribution in [0.4, 0.5) is 0 Å². The third-order valence-electron chi connectivity index (χ3n) is 4.33. The number of carbonyl (C=O) groups excluding carboxylic acids is 1. The van der Waals surface area contributed by atoms with Crippen LogP contribution in [0.3, 0.4) is 0 Å². The van der Waals surface area contributed by atoms with Gasteiger partial charge in [0.15, 0.2) is 0 Å². The number of likely N-dealkylation sites (tertiary alicyclic amines) is 1. The second kappa shape index (κ2) is 8.17. The van der Waals surface area contributed by atoms with Gasteiger partial charge in [-0.2, -0.15) is 0 Å². The van der Waals surface area contributed by atoms with E-state index < -0.39 is 0 Å². The molecule has 1 unspecified atom stereocenters. The number of halogens is 2. The van der Waals surface area contributed by atoms with Crippen molar-refractivity contribution in [2.24, 2.45) is 5.73 Å². The van der Waals surface area contributed by atoms with E-state index in [9.17, 15) is 4.79 Å². The molecule has 2 N–H and O–H groups in total. The number of nitrogens with two attached hydrogens (primary N) is 1. The van der Waals surface area contributed by atoms with Crippen LogP contribution >= 0.6 is 24.0 Å². The van der Waals surface area contributed by atoms with Gasteiger partial charge in [-0.1, -0.05) is 37.6 Å². The molecule has 0 aliphatic carbocycles. The third-order valence-corrected chi connectivity index (χ3v) is 4.65. The van der Waals surface area contributed by atoms with Gasteiger partial charge in [0.1, 0.15) is 5.82 Å². The summed E-state index contributed by atoms with van der Waals surface area (Å²) < 4.78 is 1.67. The van der Waals surface area contributed by atoms with E-state index in [4.69, 9.17) is 17.3 Å². The van der Waals surface area contributed by atoms with Crippen molar-refractivity contribution >= 4 is 29.9 Å². The summed E-state index contributed by atoms with van der Waals surface area (Å²) in [5, 5.41) is 5.04. The molecule has 6 nitrogen and oxygen atoms in total. The Morgan fingerprint density at radius 3 is 2.76 bits per heavy atom. The summed E-state index contributed by atoms with van der Waals surface area (Å²) in [5.41, 5.74) is 6.50. The van der Waals surface area contributed by atoms with Crippen molar-refractivity contribution < 1.29 is 4.79 Å². The summed E-state index contributed by atoms with van der Waals surface area (Å²) in [4.78, 5) is 19.1. The number of nitrogens with zero attached hydrogens (tertiary/aromatic N) is 4. The molecule has 3 rings (SSSR count). The van der Waals surface area contributed by atoms with E-state index in [2.05, 4.69) is 10.1 Å². The molecule has 136 valence electrons. The number of amides is 1. The number of carbonyl (C=O) groups is 1. The van der Waals surface area contributed by atoms with Crippen LogP contribution in [0.25, 0.3) is 5.69 Å². The summed E-state index contributed by atoms with van der Waals surface area (Å²) in [5.74, 6) is 0.878. The number of aromatic nitrogens is 3. The Morgan fingerprint density at radius 1 is 1.40 bits per heavy atom. The molecule has 1 fully saturated rings. The first kappa shape index (κ1) is 19.7. The van der Waals surface area contributed by atoms with Crippen molar-refractivity contribution in [3.8, 4) is 5.69 Å². The summed E-state index contributed by atoms with van der Waals surface area (Å²) in [6.45, 7) is 5.21. The predicted octanol–water partition coefficient (Wildman–Crippen LogP) is 3.03. The van der Waals surface area contributed by atoms with Gasteiger partial charge in [-0.3, -0.25) is 4.79 Å². The molecule has 2 heterocycles. The van der Waals surface area contributed by atoms with Crippen molar-refractivity contribution in [1.82, 2.24) is 19.7 Å². The standard InChI is InChI=1S/C17H22ClN5O.ClH/c1-11(2)16-20-15(17(24)22-9-5-6-12(22)10-19)21-23(16)14-8-4-3-7-13(14)18;/h3-4,7-8,11-12H,5-6,9-10,19H2,1-2H3;1H. The minimum absolute atomic E-state index is 0. The minimum Gasteiger partial charge on any atom is -0.332 e. The Morgan fingerprint density at radius 2 is 2.12 bits per heavy atom. The molecule has 1 aromatic heterocycles. The highest BCUT2D eigenvalue weighted by Crippen LogP contribution is 2.25. The second-order valence-electron chi connectivity index (χ2n) is 6.34. The number of hydrogen-bond acceptors (Lipinski definition) is 4. The van der Waals surface area contributed by atoms with Gasteiger partial charge in [0.2, 0.25) is 5.82 Å². The molecule has 1 aliphatic rings. The normalized spacial score (nSPS) is 17.0. The van der Waals surface area contributed by atoms with Crippen LogP contribution in [0, 0.1) is 0 Å². The largest absolute Gasteiger partial charge is 0.332 e. The zero-order valence-electron chi connectivity index (χ0n) is 14.4. The second-order valence-corrected chi connectivity index (χ2v) is 6.75. The maximum atomic E-state index is 12.8. The lowest BCUT2D eigenvalue weighted by Crippen LogP contribution is -2.40. The molecule has 1 aromatic carbocycles. The molecule has 0 spiro atoms. The van der Waals surface area contributed by atoms with Crippen LogP contribution in [0.2, 0.25) is 5.02 Å². The van der Waals surface area contributed by atoms with Gasteiger partial charge in [-0.15, -0.1) is 17.5 Å². The lowest BCUT2D eigenvalue weighted by molar-refractivity contribution is 0.0729. The van der Waals surface area contributed by atoms with Crippen LogP contribution in [0.15, 0.2) is 24.3 Å². The first-order valence-electron chi connectivity index (χ1n) is 8.25. The monoisotopic (exact) mass is 383 g/mol. The molecule has 1 atom stereocenters. The molecular formula is C17H23Cl2N5O.